The van der Waals surface area contributed by atoms with Crippen LogP contribution in [0.25, 0.3) is 11.6 Å². The molecule has 4 aromatic rings. The molecule has 0 aliphatic rings. The van der Waals surface area contributed by atoms with Gasteiger partial charge in [0.1, 0.15) is 18.0 Å². The van der Waals surface area contributed by atoms with E-state index in [1.807, 2.05) is 44.3 Å². The highest BCUT2D eigenvalue weighted by Gasteiger charge is 2.05. The summed E-state index contributed by atoms with van der Waals surface area (Å²) in [6.45, 7) is 5.22. The van der Waals surface area contributed by atoms with E-state index in [9.17, 15) is 0 Å². The Morgan fingerprint density at radius 2 is 1.88 bits per heavy atom. The van der Waals surface area contributed by atoms with Crippen LogP contribution in [0.15, 0.2) is 36.8 Å². The van der Waals surface area contributed by atoms with Crippen LogP contribution in [-0.2, 0) is 0 Å². The summed E-state index contributed by atoms with van der Waals surface area (Å²) in [4.78, 5) is 8.43. The average Bonchev–Trinajstić information content (AvgIpc) is 3.28. The van der Waals surface area contributed by atoms with Gasteiger partial charge in [0.15, 0.2) is 5.82 Å². The van der Waals surface area contributed by atoms with Crippen molar-refractivity contribution in [2.24, 2.45) is 0 Å². The number of rotatable bonds is 6. The minimum Gasteiger partial charge on any atom is -0.368 e. The second-order valence-corrected chi connectivity index (χ2v) is 5.79. The summed E-state index contributed by atoms with van der Waals surface area (Å²) < 4.78 is 3.37. The Kier molecular flexibility index (Phi) is 4.14. The van der Waals surface area contributed by atoms with Crippen molar-refractivity contribution in [3.63, 3.8) is 0 Å². The van der Waals surface area contributed by atoms with Crippen LogP contribution in [0.2, 0.25) is 0 Å². The zero-order chi connectivity index (χ0) is 17.9. The molecule has 10 heteroatoms. The highest BCUT2D eigenvalue weighted by Crippen LogP contribution is 2.10. The molecule has 0 fully saturated rings. The molecular formula is C16H18N10. The van der Waals surface area contributed by atoms with E-state index in [-0.39, 0.29) is 0 Å². The van der Waals surface area contributed by atoms with Crippen molar-refractivity contribution in [2.75, 3.05) is 23.7 Å². The summed E-state index contributed by atoms with van der Waals surface area (Å²) in [7, 11) is 0. The summed E-state index contributed by atoms with van der Waals surface area (Å²) in [6, 6.07) is 7.61. The first-order valence-corrected chi connectivity index (χ1v) is 8.20. The van der Waals surface area contributed by atoms with E-state index >= 15 is 0 Å². The molecule has 0 aliphatic heterocycles. The Morgan fingerprint density at radius 3 is 2.65 bits per heavy atom. The van der Waals surface area contributed by atoms with Crippen molar-refractivity contribution in [1.82, 2.24) is 39.6 Å². The number of hydrogen-bond donors (Lipinski definition) is 2. The number of hydrogen-bond acceptors (Lipinski definition) is 8. The molecule has 10 nitrogen and oxygen atoms in total. The van der Waals surface area contributed by atoms with Crippen molar-refractivity contribution in [3.05, 3.63) is 48.2 Å². The lowest BCUT2D eigenvalue weighted by atomic mass is 10.4. The van der Waals surface area contributed by atoms with E-state index < -0.39 is 0 Å². The number of aryl methyl sites for hydroxylation is 2. The third-order valence-electron chi connectivity index (χ3n) is 3.72. The first-order chi connectivity index (χ1) is 12.7. The lowest BCUT2D eigenvalue weighted by Crippen LogP contribution is -2.17. The van der Waals surface area contributed by atoms with Gasteiger partial charge in [-0.05, 0) is 32.0 Å². The normalized spacial score (nSPS) is 11.0. The lowest BCUT2D eigenvalue weighted by Gasteiger charge is -2.10. The summed E-state index contributed by atoms with van der Waals surface area (Å²) in [5.74, 6) is 2.82. The third-order valence-corrected chi connectivity index (χ3v) is 3.72. The van der Waals surface area contributed by atoms with Gasteiger partial charge < -0.3 is 10.6 Å². The smallest absolute Gasteiger partial charge is 0.254 e. The van der Waals surface area contributed by atoms with E-state index in [4.69, 9.17) is 0 Å². The Labute approximate surface area is 149 Å². The molecule has 0 radical (unpaired) electrons. The monoisotopic (exact) mass is 350 g/mol. The maximum absolute atomic E-state index is 4.32. The minimum atomic E-state index is 0.579. The topological polar surface area (TPSA) is 111 Å². The predicted molar refractivity (Wildman–Crippen MR) is 96.4 cm³/mol. The Bertz CT molecular complexity index is 1020. The van der Waals surface area contributed by atoms with Gasteiger partial charge in [0, 0.05) is 31.0 Å². The van der Waals surface area contributed by atoms with E-state index in [2.05, 4.69) is 41.0 Å². The molecule has 0 saturated heterocycles. The lowest BCUT2D eigenvalue weighted by molar-refractivity contribution is 0.803. The van der Waals surface area contributed by atoms with Gasteiger partial charge in [-0.3, -0.25) is 0 Å². The van der Waals surface area contributed by atoms with Gasteiger partial charge in [-0.2, -0.15) is 19.7 Å². The Morgan fingerprint density at radius 1 is 1.00 bits per heavy atom. The van der Waals surface area contributed by atoms with E-state index in [1.165, 1.54) is 6.33 Å². The standard InChI is InChI=1S/C16H18N10/c1-11-5-8-25(24-11)14-4-3-13(22-23-14)17-6-7-18-15-9-12(2)21-16-19-10-20-26(15)16/h3-5,8-10,18H,6-7H2,1-2H3,(H,17,22). The molecule has 0 atom stereocenters. The van der Waals surface area contributed by atoms with Crippen molar-refractivity contribution >= 4 is 17.4 Å². The summed E-state index contributed by atoms with van der Waals surface area (Å²) in [6.07, 6.45) is 3.35. The van der Waals surface area contributed by atoms with Crippen LogP contribution in [0.3, 0.4) is 0 Å². The van der Waals surface area contributed by atoms with Gasteiger partial charge >= 0.3 is 0 Å². The Balaban J connectivity index is 1.34. The molecule has 4 aromatic heterocycles. The maximum Gasteiger partial charge on any atom is 0.254 e. The zero-order valence-electron chi connectivity index (χ0n) is 14.5. The Hall–Kier alpha value is -3.56. The molecule has 0 saturated carbocycles. The molecule has 0 amide bonds. The van der Waals surface area contributed by atoms with Crippen LogP contribution >= 0.6 is 0 Å². The third kappa shape index (κ3) is 3.29. The highest BCUT2D eigenvalue weighted by atomic mass is 15.4. The molecular weight excluding hydrogens is 332 g/mol. The quantitative estimate of drug-likeness (QED) is 0.500. The van der Waals surface area contributed by atoms with E-state index in [0.717, 1.165) is 17.2 Å². The molecule has 26 heavy (non-hydrogen) atoms. The highest BCUT2D eigenvalue weighted by molar-refractivity contribution is 5.45. The van der Waals surface area contributed by atoms with Gasteiger partial charge in [0.05, 0.1) is 5.69 Å². The van der Waals surface area contributed by atoms with Crippen molar-refractivity contribution in [2.45, 2.75) is 13.8 Å². The fourth-order valence-corrected chi connectivity index (χ4v) is 2.52. The summed E-state index contributed by atoms with van der Waals surface area (Å²) in [5.41, 5.74) is 1.82. The molecule has 0 spiro atoms. The van der Waals surface area contributed by atoms with Crippen molar-refractivity contribution < 1.29 is 0 Å². The molecule has 4 rings (SSSR count). The first-order valence-electron chi connectivity index (χ1n) is 8.20. The van der Waals surface area contributed by atoms with E-state index in [1.54, 1.807) is 9.20 Å². The first kappa shape index (κ1) is 15.9. The van der Waals surface area contributed by atoms with Gasteiger partial charge in [-0.1, -0.05) is 0 Å². The van der Waals surface area contributed by atoms with E-state index in [0.29, 0.717) is 30.5 Å². The fraction of sp³-hybridized carbons (Fsp3) is 0.250. The minimum absolute atomic E-state index is 0.579. The van der Waals surface area contributed by atoms with Crippen LogP contribution in [0, 0.1) is 13.8 Å². The van der Waals surface area contributed by atoms with Crippen molar-refractivity contribution in [3.8, 4) is 5.82 Å². The van der Waals surface area contributed by atoms with Crippen LogP contribution in [0.1, 0.15) is 11.4 Å². The molecule has 132 valence electrons. The molecule has 0 unspecified atom stereocenters. The number of nitrogens with one attached hydrogen (secondary N) is 2. The molecule has 0 aromatic carbocycles. The number of aromatic nitrogens is 8. The van der Waals surface area contributed by atoms with Crippen LogP contribution in [0.4, 0.5) is 11.6 Å². The fourth-order valence-electron chi connectivity index (χ4n) is 2.52. The van der Waals surface area contributed by atoms with Crippen LogP contribution in [0.5, 0.6) is 0 Å². The molecule has 0 bridgehead atoms. The van der Waals surface area contributed by atoms with Gasteiger partial charge in [-0.25, -0.2) is 9.67 Å². The van der Waals surface area contributed by atoms with Gasteiger partial charge in [0.2, 0.25) is 0 Å². The number of fused-ring (bicyclic) bond motifs is 1. The second-order valence-electron chi connectivity index (χ2n) is 5.79. The van der Waals surface area contributed by atoms with Crippen LogP contribution in [-0.4, -0.2) is 52.6 Å². The number of nitrogens with zero attached hydrogens (tertiary/aromatic N) is 8. The predicted octanol–water partition coefficient (Wildman–Crippen LogP) is 1.24. The summed E-state index contributed by atoms with van der Waals surface area (Å²) in [5, 5.41) is 23.4. The zero-order valence-corrected chi connectivity index (χ0v) is 14.5. The summed E-state index contributed by atoms with van der Waals surface area (Å²) >= 11 is 0. The number of anilines is 2. The molecule has 0 aliphatic carbocycles. The molecule has 4 heterocycles. The van der Waals surface area contributed by atoms with Gasteiger partial charge in [-0.15, -0.1) is 10.2 Å². The van der Waals surface area contributed by atoms with Crippen LogP contribution < -0.4 is 10.6 Å². The largest absolute Gasteiger partial charge is 0.368 e. The second kappa shape index (κ2) is 6.75. The van der Waals surface area contributed by atoms with Crippen molar-refractivity contribution in [1.29, 1.82) is 0 Å². The van der Waals surface area contributed by atoms with Gasteiger partial charge in [0.25, 0.3) is 5.78 Å². The molecule has 2 N–H and O–H groups in total. The average molecular weight is 350 g/mol. The maximum atomic E-state index is 4.32. The SMILES string of the molecule is Cc1cc(NCCNc2ccc(-n3ccc(C)n3)nn2)n2ncnc2n1.